The van der Waals surface area contributed by atoms with Crippen molar-refractivity contribution in [2.24, 2.45) is 0 Å². The Kier molecular flexibility index (Phi) is 3.58. The highest BCUT2D eigenvalue weighted by Crippen LogP contribution is 2.18. The molecule has 0 aliphatic heterocycles. The highest BCUT2D eigenvalue weighted by molar-refractivity contribution is 6.34. The number of nitrogens with zero attached hydrogens (tertiary/aromatic N) is 1. The van der Waals surface area contributed by atoms with Gasteiger partial charge in [-0.15, -0.1) is 0 Å². The van der Waals surface area contributed by atoms with Gasteiger partial charge in [-0.3, -0.25) is 9.78 Å². The summed E-state index contributed by atoms with van der Waals surface area (Å²) >= 11 is 5.86. The van der Waals surface area contributed by atoms with Gasteiger partial charge < -0.3 is 5.32 Å². The second-order valence-corrected chi connectivity index (χ2v) is 4.18. The van der Waals surface area contributed by atoms with Crippen LogP contribution in [0.15, 0.2) is 36.7 Å². The quantitative estimate of drug-likeness (QED) is 0.903. The maximum atomic E-state index is 13.1. The molecule has 0 radical (unpaired) electrons. The van der Waals surface area contributed by atoms with Crippen LogP contribution in [0.25, 0.3) is 0 Å². The minimum atomic E-state index is -0.353. The summed E-state index contributed by atoms with van der Waals surface area (Å²) < 4.78 is 13.1. The predicted octanol–water partition coefficient (Wildman–Crippen LogP) is 3.43. The van der Waals surface area contributed by atoms with E-state index in [0.717, 1.165) is 0 Å². The number of hydrogen-bond donors (Lipinski definition) is 1. The van der Waals surface area contributed by atoms with Gasteiger partial charge in [-0.2, -0.15) is 0 Å². The fourth-order valence-electron chi connectivity index (χ4n) is 1.48. The second-order valence-electron chi connectivity index (χ2n) is 3.77. The molecule has 1 heterocycles. The van der Waals surface area contributed by atoms with Crippen molar-refractivity contribution < 1.29 is 9.18 Å². The summed E-state index contributed by atoms with van der Waals surface area (Å²) in [5.41, 5.74) is 1.31. The van der Waals surface area contributed by atoms with Gasteiger partial charge in [0, 0.05) is 18.1 Å². The van der Waals surface area contributed by atoms with Gasteiger partial charge in [-0.1, -0.05) is 11.6 Å². The molecule has 92 valence electrons. The highest BCUT2D eigenvalue weighted by atomic mass is 35.5. The fourth-order valence-corrected chi connectivity index (χ4v) is 1.69. The van der Waals surface area contributed by atoms with Gasteiger partial charge in [-0.05, 0) is 36.8 Å². The van der Waals surface area contributed by atoms with Crippen LogP contribution in [0.5, 0.6) is 0 Å². The van der Waals surface area contributed by atoms with Crippen LogP contribution in [0.3, 0.4) is 0 Å². The molecule has 2 rings (SSSR count). The van der Waals surface area contributed by atoms with Crippen LogP contribution in [0.4, 0.5) is 10.1 Å². The van der Waals surface area contributed by atoms with Crippen LogP contribution in [0.1, 0.15) is 15.9 Å². The maximum absolute atomic E-state index is 13.1. The summed E-state index contributed by atoms with van der Waals surface area (Å²) in [5.74, 6) is -0.664. The number of halogens is 2. The summed E-state index contributed by atoms with van der Waals surface area (Å²) in [5, 5.41) is 2.92. The number of anilines is 1. The number of benzene rings is 1. The van der Waals surface area contributed by atoms with Crippen molar-refractivity contribution in [3.63, 3.8) is 0 Å². The Balaban J connectivity index is 2.22. The smallest absolute Gasteiger partial charge is 0.257 e. The van der Waals surface area contributed by atoms with E-state index in [9.17, 15) is 9.18 Å². The van der Waals surface area contributed by atoms with E-state index in [1.165, 1.54) is 30.6 Å². The summed E-state index contributed by atoms with van der Waals surface area (Å²) in [6.45, 7) is 1.63. The SMILES string of the molecule is Cc1cc(NC(=O)c2ccncc2Cl)ccc1F. The molecular weight excluding hydrogens is 255 g/mol. The molecule has 1 N–H and O–H groups in total. The standard InChI is InChI=1S/C13H10ClFN2O/c1-8-6-9(2-3-12(8)15)17-13(18)10-4-5-16-7-11(10)14/h2-7H,1H3,(H,17,18). The summed E-state index contributed by atoms with van der Waals surface area (Å²) in [6.07, 6.45) is 2.88. The molecule has 1 amide bonds. The third-order valence-corrected chi connectivity index (χ3v) is 2.73. The number of hydrogen-bond acceptors (Lipinski definition) is 2. The first kappa shape index (κ1) is 12.5. The normalized spacial score (nSPS) is 10.2. The lowest BCUT2D eigenvalue weighted by molar-refractivity contribution is 0.102. The number of rotatable bonds is 2. The van der Waals surface area contributed by atoms with Crippen molar-refractivity contribution in [3.8, 4) is 0 Å². The van der Waals surface area contributed by atoms with Gasteiger partial charge in [-0.25, -0.2) is 4.39 Å². The van der Waals surface area contributed by atoms with E-state index in [1.54, 1.807) is 13.0 Å². The Labute approximate surface area is 109 Å². The molecule has 0 bridgehead atoms. The fraction of sp³-hybridized carbons (Fsp3) is 0.0769. The molecule has 0 atom stereocenters. The molecule has 1 aromatic heterocycles. The van der Waals surface area contributed by atoms with Crippen LogP contribution in [-0.4, -0.2) is 10.9 Å². The van der Waals surface area contributed by atoms with E-state index < -0.39 is 0 Å². The Bertz CT molecular complexity index is 601. The number of carbonyl (C=O) groups is 1. The van der Waals surface area contributed by atoms with Crippen molar-refractivity contribution in [3.05, 3.63) is 58.6 Å². The van der Waals surface area contributed by atoms with Crippen molar-refractivity contribution in [1.82, 2.24) is 4.98 Å². The molecule has 5 heteroatoms. The molecule has 3 nitrogen and oxygen atoms in total. The van der Waals surface area contributed by atoms with Gasteiger partial charge in [0.15, 0.2) is 0 Å². The van der Waals surface area contributed by atoms with Crippen LogP contribution < -0.4 is 5.32 Å². The van der Waals surface area contributed by atoms with E-state index in [-0.39, 0.29) is 16.7 Å². The Morgan fingerprint density at radius 3 is 2.83 bits per heavy atom. The first-order valence-electron chi connectivity index (χ1n) is 5.25. The first-order chi connectivity index (χ1) is 8.58. The molecule has 2 aromatic rings. The molecule has 0 fully saturated rings. The van der Waals surface area contributed by atoms with Crippen molar-refractivity contribution >= 4 is 23.2 Å². The van der Waals surface area contributed by atoms with Gasteiger partial charge >= 0.3 is 0 Å². The zero-order valence-corrected chi connectivity index (χ0v) is 10.3. The summed E-state index contributed by atoms with van der Waals surface area (Å²) in [7, 11) is 0. The minimum Gasteiger partial charge on any atom is -0.322 e. The number of carbonyl (C=O) groups excluding carboxylic acids is 1. The molecule has 0 aliphatic carbocycles. The molecule has 0 saturated carbocycles. The van der Waals surface area contributed by atoms with E-state index in [0.29, 0.717) is 16.8 Å². The van der Waals surface area contributed by atoms with Gasteiger partial charge in [0.2, 0.25) is 0 Å². The molecule has 0 saturated heterocycles. The first-order valence-corrected chi connectivity index (χ1v) is 5.63. The molecule has 0 aliphatic rings. The van der Waals surface area contributed by atoms with Crippen molar-refractivity contribution in [1.29, 1.82) is 0 Å². The Hall–Kier alpha value is -1.94. The zero-order valence-electron chi connectivity index (χ0n) is 9.58. The molecule has 1 aromatic carbocycles. The number of amides is 1. The number of pyridine rings is 1. The van der Waals surface area contributed by atoms with Crippen LogP contribution >= 0.6 is 11.6 Å². The van der Waals surface area contributed by atoms with Crippen molar-refractivity contribution in [2.45, 2.75) is 6.92 Å². The third kappa shape index (κ3) is 2.65. The lowest BCUT2D eigenvalue weighted by atomic mass is 10.2. The second kappa shape index (κ2) is 5.14. The van der Waals surface area contributed by atoms with E-state index in [2.05, 4.69) is 10.3 Å². The Morgan fingerprint density at radius 2 is 2.17 bits per heavy atom. The van der Waals surface area contributed by atoms with Gasteiger partial charge in [0.25, 0.3) is 5.91 Å². The lowest BCUT2D eigenvalue weighted by Crippen LogP contribution is -2.12. The number of aryl methyl sites for hydroxylation is 1. The number of aromatic nitrogens is 1. The average Bonchev–Trinajstić information content (AvgIpc) is 2.34. The topological polar surface area (TPSA) is 42.0 Å². The summed E-state index contributed by atoms with van der Waals surface area (Å²) in [4.78, 5) is 15.7. The van der Waals surface area contributed by atoms with Crippen LogP contribution in [-0.2, 0) is 0 Å². The third-order valence-electron chi connectivity index (χ3n) is 2.43. The molecular formula is C13H10ClFN2O. The van der Waals surface area contributed by atoms with Crippen molar-refractivity contribution in [2.75, 3.05) is 5.32 Å². The zero-order chi connectivity index (χ0) is 13.1. The predicted molar refractivity (Wildman–Crippen MR) is 68.3 cm³/mol. The monoisotopic (exact) mass is 264 g/mol. The number of nitrogens with one attached hydrogen (secondary N) is 1. The molecule has 0 unspecified atom stereocenters. The maximum Gasteiger partial charge on any atom is 0.257 e. The van der Waals surface area contributed by atoms with E-state index >= 15 is 0 Å². The largest absolute Gasteiger partial charge is 0.322 e. The highest BCUT2D eigenvalue weighted by Gasteiger charge is 2.10. The van der Waals surface area contributed by atoms with Gasteiger partial charge in [0.1, 0.15) is 5.82 Å². The molecule has 0 spiro atoms. The van der Waals surface area contributed by atoms with Gasteiger partial charge in [0.05, 0.1) is 10.6 Å². The van der Waals surface area contributed by atoms with Crippen LogP contribution in [0.2, 0.25) is 5.02 Å². The minimum absolute atomic E-state index is 0.272. The van der Waals surface area contributed by atoms with Crippen LogP contribution in [0, 0.1) is 12.7 Å². The lowest BCUT2D eigenvalue weighted by Gasteiger charge is -2.07. The summed E-state index contributed by atoms with van der Waals surface area (Å²) in [6, 6.07) is 5.88. The van der Waals surface area contributed by atoms with E-state index in [4.69, 9.17) is 11.6 Å². The molecule has 18 heavy (non-hydrogen) atoms. The average molecular weight is 265 g/mol. The van der Waals surface area contributed by atoms with E-state index in [1.807, 2.05) is 0 Å². The Morgan fingerprint density at radius 1 is 1.39 bits per heavy atom.